The van der Waals surface area contributed by atoms with Crippen molar-refractivity contribution in [3.63, 3.8) is 0 Å². The molecule has 0 unspecified atom stereocenters. The minimum atomic E-state index is -0.0339. The normalized spacial score (nSPS) is 15.3. The number of nitrogens with zero attached hydrogens (tertiary/aromatic N) is 8. The predicted molar refractivity (Wildman–Crippen MR) is 509 cm³/mol. The van der Waals surface area contributed by atoms with Gasteiger partial charge in [-0.25, -0.2) is 39.9 Å². The minimum absolute atomic E-state index is 0.0157. The smallest absolute Gasteiger partial charge is 0.229 e. The molecule has 4 amide bonds. The number of carbonyl (C=O) groups excluding carboxylic acids is 4. The highest BCUT2D eigenvalue weighted by atomic mass is 16.2. The number of nitrogens with one attached hydrogen (secondary N) is 4. The molecule has 4 N–H and O–H groups in total. The Balaban J connectivity index is 0.000000115. The molecule has 0 aliphatic heterocycles. The maximum Gasteiger partial charge on any atom is 0.229 e. The quantitative estimate of drug-likeness (QED) is 0.0470. The molecule has 0 spiro atoms. The summed E-state index contributed by atoms with van der Waals surface area (Å²) in [6, 6.07) is 78.9. The predicted octanol–water partition coefficient (Wildman–Crippen LogP) is 22.9. The first-order valence-electron chi connectivity index (χ1n) is 47.2. The Morgan fingerprint density at radius 3 is 0.913 bits per heavy atom. The van der Waals surface area contributed by atoms with Crippen LogP contribution < -0.4 is 21.3 Å². The number of anilines is 4. The largest absolute Gasteiger partial charge is 0.309 e. The van der Waals surface area contributed by atoms with Gasteiger partial charge in [-0.3, -0.25) is 19.2 Å². The second-order valence-electron chi connectivity index (χ2n) is 36.3. The Kier molecular flexibility index (Phi) is 27.7. The van der Waals surface area contributed by atoms with E-state index in [0.717, 1.165) is 181 Å². The maximum absolute atomic E-state index is 13.1. The Morgan fingerprint density at radius 2 is 0.551 bits per heavy atom. The number of hydrogen-bond donors (Lipinski definition) is 4. The van der Waals surface area contributed by atoms with Crippen molar-refractivity contribution in [1.29, 1.82) is 0 Å². The third kappa shape index (κ3) is 21.8. The summed E-state index contributed by atoms with van der Waals surface area (Å²) in [6.07, 6.45) is 35.3. The molecule has 644 valence electrons. The van der Waals surface area contributed by atoms with E-state index in [4.69, 9.17) is 39.9 Å². The lowest BCUT2D eigenvalue weighted by molar-refractivity contribution is -0.117. The number of amides is 4. The van der Waals surface area contributed by atoms with Gasteiger partial charge in [0.05, 0.1) is 81.2 Å². The third-order valence-electron chi connectivity index (χ3n) is 27.2. The van der Waals surface area contributed by atoms with Crippen LogP contribution in [-0.4, -0.2) is 63.5 Å². The molecule has 0 radical (unpaired) electrons. The van der Waals surface area contributed by atoms with E-state index in [1.54, 1.807) is 0 Å². The van der Waals surface area contributed by atoms with E-state index in [1.165, 1.54) is 164 Å². The van der Waals surface area contributed by atoms with E-state index in [-0.39, 0.29) is 23.6 Å². The van der Waals surface area contributed by atoms with E-state index >= 15 is 0 Å². The lowest BCUT2D eigenvalue weighted by atomic mass is 9.91. The molecule has 127 heavy (non-hydrogen) atoms. The lowest BCUT2D eigenvalue weighted by Crippen LogP contribution is -2.20. The SMILES string of the molecule is O=C(CCCc1ccccc1)Nc1nc2c(nc1CC1CCCC1)-c1ccccc1CC2.O=C(CCc1ccccc1)Nc1nc2c(nc1CC1CCCC1)-c1ccccc1CC2.O=C(Cc1ccc2ccccc2c1)Nc1nc2c(nc1CC1CCCC1)-c1ccccc1CC2.O=C(Cc1ccccc1)Nc1nc2c(nc1CC1CCCC1)-c1ccccc1CC2. The van der Waals surface area contributed by atoms with Crippen LogP contribution in [0.2, 0.25) is 0 Å². The summed E-state index contributed by atoms with van der Waals surface area (Å²) in [5.41, 5.74) is 26.5. The highest BCUT2D eigenvalue weighted by molar-refractivity contribution is 5.95. The van der Waals surface area contributed by atoms with Gasteiger partial charge in [-0.1, -0.05) is 333 Å². The second-order valence-corrected chi connectivity index (χ2v) is 36.3. The molecule has 8 aliphatic carbocycles. The van der Waals surface area contributed by atoms with Crippen LogP contribution in [0.25, 0.3) is 55.8 Å². The first-order valence-corrected chi connectivity index (χ1v) is 47.2. The maximum atomic E-state index is 13.1. The van der Waals surface area contributed by atoms with Gasteiger partial charge < -0.3 is 21.3 Å². The van der Waals surface area contributed by atoms with Crippen molar-refractivity contribution in [3.8, 4) is 45.0 Å². The van der Waals surface area contributed by atoms with Gasteiger partial charge in [-0.15, -0.1) is 0 Å². The Morgan fingerprint density at radius 1 is 0.260 bits per heavy atom. The number of aromatic nitrogens is 8. The van der Waals surface area contributed by atoms with Gasteiger partial charge >= 0.3 is 0 Å². The van der Waals surface area contributed by atoms with Crippen LogP contribution in [0.3, 0.4) is 0 Å². The van der Waals surface area contributed by atoms with Gasteiger partial charge in [0, 0.05) is 35.1 Å². The number of benzene rings is 9. The van der Waals surface area contributed by atoms with Crippen molar-refractivity contribution in [3.05, 3.63) is 321 Å². The fraction of sp³-hybridized carbons (Fsp3) is 0.351. The molecule has 0 saturated heterocycles. The third-order valence-corrected chi connectivity index (χ3v) is 27.2. The average molecular weight is 1680 g/mol. The molecule has 16 heteroatoms. The topological polar surface area (TPSA) is 220 Å². The van der Waals surface area contributed by atoms with Crippen molar-refractivity contribution in [2.75, 3.05) is 21.3 Å². The van der Waals surface area contributed by atoms with Crippen molar-refractivity contribution < 1.29 is 19.2 Å². The standard InChI is InChI=1S/C30H29N3O.C28H31N3O.C27H29N3O.C26H27N3O/c34-28(19-21-13-14-22-9-3-4-11-24(22)17-21)33-30-27(18-20-7-1-2-8-20)31-29-25-12-6-5-10-23(25)15-16-26(29)32-30;32-26(16-8-13-20-9-2-1-3-10-20)31-28-25(19-21-11-4-5-12-21)29-27-23-15-7-6-14-22(23)17-18-24(27)30-28;31-25(17-14-19-8-2-1-3-9-19)30-27-24(18-20-10-4-5-11-20)28-26-22-13-7-6-12-21(22)15-16-23(26)29-27;30-24(17-19-8-2-1-3-9-19)29-26-23(16-18-10-4-5-11-18)27-25-21-13-7-6-12-20(21)14-15-22(25)28-26/h3-6,9-14,17,20H,1-2,7-8,15-16,18-19H2,(H,32,33,34);1-3,6-7,9-10,14-15,21H,4-5,8,11-13,16-19H2,(H,30,31,32);1-3,6-9,12-13,20H,4-5,10-11,14-18H2,(H,29,30,31);1-3,6-9,12-13,18H,4-5,10-11,14-17H2,(H,28,29,30). The Labute approximate surface area is 747 Å². The van der Waals surface area contributed by atoms with Gasteiger partial charge in [0.15, 0.2) is 23.3 Å². The average Bonchev–Trinajstić information content (AvgIpc) is 1.76. The Bertz CT molecular complexity index is 6050. The first-order chi connectivity index (χ1) is 62.5. The molecular formula is C111H116N12O4. The van der Waals surface area contributed by atoms with Crippen molar-refractivity contribution >= 4 is 57.7 Å². The zero-order chi connectivity index (χ0) is 86.0. The zero-order valence-electron chi connectivity index (χ0n) is 73.2. The minimum Gasteiger partial charge on any atom is -0.309 e. The number of carbonyl (C=O) groups is 4. The van der Waals surface area contributed by atoms with Crippen LogP contribution in [0.1, 0.15) is 212 Å². The molecule has 16 nitrogen and oxygen atoms in total. The number of rotatable bonds is 23. The molecule has 4 saturated carbocycles. The zero-order valence-corrected chi connectivity index (χ0v) is 73.2. The number of hydrogen-bond acceptors (Lipinski definition) is 12. The van der Waals surface area contributed by atoms with Crippen molar-refractivity contribution in [1.82, 2.24) is 39.9 Å². The Hall–Kier alpha value is -12.6. The molecule has 9 aromatic carbocycles. The summed E-state index contributed by atoms with van der Waals surface area (Å²) in [4.78, 5) is 91.7. The summed E-state index contributed by atoms with van der Waals surface area (Å²) in [5, 5.41) is 14.8. The summed E-state index contributed by atoms with van der Waals surface area (Å²) in [5.74, 6) is 5.26. The molecule has 21 rings (SSSR count). The van der Waals surface area contributed by atoms with Crippen LogP contribution >= 0.6 is 0 Å². The highest BCUT2D eigenvalue weighted by Gasteiger charge is 2.32. The molecule has 4 heterocycles. The van der Waals surface area contributed by atoms with E-state index in [2.05, 4.69) is 167 Å². The molecular weight excluding hydrogens is 1570 g/mol. The summed E-state index contributed by atoms with van der Waals surface area (Å²) in [7, 11) is 0. The van der Waals surface area contributed by atoms with Gasteiger partial charge in [0.2, 0.25) is 23.6 Å². The van der Waals surface area contributed by atoms with E-state index in [9.17, 15) is 19.2 Å². The summed E-state index contributed by atoms with van der Waals surface area (Å²) < 4.78 is 0. The number of fused-ring (bicyclic) bond motifs is 13. The first kappa shape index (κ1) is 85.2. The van der Waals surface area contributed by atoms with Gasteiger partial charge in [-0.2, -0.15) is 0 Å². The summed E-state index contributed by atoms with van der Waals surface area (Å²) in [6.45, 7) is 0. The fourth-order valence-corrected chi connectivity index (χ4v) is 20.4. The molecule has 8 aliphatic rings. The van der Waals surface area contributed by atoms with Gasteiger partial charge in [-0.05, 0) is 175 Å². The van der Waals surface area contributed by atoms with Crippen molar-refractivity contribution in [2.45, 2.75) is 225 Å². The molecule has 4 aromatic heterocycles. The van der Waals surface area contributed by atoms with Crippen molar-refractivity contribution in [2.24, 2.45) is 23.7 Å². The highest BCUT2D eigenvalue weighted by Crippen LogP contribution is 2.42. The molecule has 13 aromatic rings. The lowest BCUT2D eigenvalue weighted by Gasteiger charge is -2.22. The number of aryl methyl sites for hydroxylation is 10. The van der Waals surface area contributed by atoms with Crippen LogP contribution in [0.5, 0.6) is 0 Å². The fourth-order valence-electron chi connectivity index (χ4n) is 20.4. The van der Waals surface area contributed by atoms with E-state index in [1.807, 2.05) is 84.9 Å². The van der Waals surface area contributed by atoms with Crippen LogP contribution in [0.15, 0.2) is 231 Å². The van der Waals surface area contributed by atoms with E-state index < -0.39 is 0 Å². The van der Waals surface area contributed by atoms with Gasteiger partial charge in [0.25, 0.3) is 0 Å². The molecule has 4 fully saturated rings. The van der Waals surface area contributed by atoms with Crippen LogP contribution in [-0.2, 0) is 122 Å². The van der Waals surface area contributed by atoms with Gasteiger partial charge in [0.1, 0.15) is 0 Å². The molecule has 0 bridgehead atoms. The monoisotopic (exact) mass is 1680 g/mol. The second kappa shape index (κ2) is 41.3. The van der Waals surface area contributed by atoms with Crippen LogP contribution in [0.4, 0.5) is 23.3 Å². The van der Waals surface area contributed by atoms with E-state index in [0.29, 0.717) is 72.6 Å². The molecule has 0 atom stereocenters. The summed E-state index contributed by atoms with van der Waals surface area (Å²) >= 11 is 0. The van der Waals surface area contributed by atoms with Crippen LogP contribution in [0, 0.1) is 23.7 Å².